The predicted octanol–water partition coefficient (Wildman–Crippen LogP) is 2.41. The first kappa shape index (κ1) is 20.5. The van der Waals surface area contributed by atoms with E-state index in [1.807, 2.05) is 13.8 Å². The average Bonchev–Trinajstić information content (AvgIpc) is 2.53. The number of carboxylic acids is 1. The van der Waals surface area contributed by atoms with Crippen molar-refractivity contribution in [1.82, 2.24) is 9.80 Å². The van der Waals surface area contributed by atoms with Crippen LogP contribution < -0.4 is 0 Å². The summed E-state index contributed by atoms with van der Waals surface area (Å²) in [4.78, 5) is 37.2. The number of amides is 2. The topological polar surface area (TPSA) is 98.2 Å². The van der Waals surface area contributed by atoms with Crippen molar-refractivity contribution in [1.29, 1.82) is 0 Å². The minimum atomic E-state index is -1.24. The normalized spacial score (nSPS) is 11.9. The second-order valence-corrected chi connectivity index (χ2v) is 6.61. The van der Waals surface area contributed by atoms with Crippen molar-refractivity contribution in [2.45, 2.75) is 32.7 Å². The third-order valence-corrected chi connectivity index (χ3v) is 3.85. The van der Waals surface area contributed by atoms with Crippen LogP contribution in [0.2, 0.25) is 0 Å². The summed E-state index contributed by atoms with van der Waals surface area (Å²) in [5, 5.41) is 18.7. The van der Waals surface area contributed by atoms with Crippen LogP contribution in [0.3, 0.4) is 0 Å². The number of aliphatic carboxylic acids is 1. The molecule has 1 atom stereocenters. The maximum absolute atomic E-state index is 11.9. The second kappa shape index (κ2) is 9.05. The van der Waals surface area contributed by atoms with Crippen LogP contribution in [0.15, 0.2) is 24.3 Å². The van der Waals surface area contributed by atoms with Crippen LogP contribution in [0.5, 0.6) is 0 Å². The van der Waals surface area contributed by atoms with Crippen LogP contribution in [-0.4, -0.2) is 64.7 Å². The predicted molar refractivity (Wildman–Crippen MR) is 93.8 cm³/mol. The molecule has 0 spiro atoms. The molecule has 0 aliphatic heterocycles. The van der Waals surface area contributed by atoms with E-state index in [-0.39, 0.29) is 24.8 Å². The lowest BCUT2D eigenvalue weighted by atomic mass is 10.0. The Morgan fingerprint density at radius 2 is 1.60 bits per heavy atom. The minimum Gasteiger partial charge on any atom is -0.480 e. The van der Waals surface area contributed by atoms with Gasteiger partial charge in [0, 0.05) is 26.2 Å². The van der Waals surface area contributed by atoms with Crippen LogP contribution >= 0.6 is 0 Å². The number of benzene rings is 1. The van der Waals surface area contributed by atoms with Crippen molar-refractivity contribution in [3.8, 4) is 0 Å². The van der Waals surface area contributed by atoms with Gasteiger partial charge in [-0.25, -0.2) is 9.59 Å². The fourth-order valence-corrected chi connectivity index (χ4v) is 2.51. The number of nitrogens with zero attached hydrogens (tertiary/aromatic N) is 2. The Hall–Kier alpha value is -2.57. The summed E-state index contributed by atoms with van der Waals surface area (Å²) in [5.41, 5.74) is 1.39. The largest absolute Gasteiger partial charge is 0.480 e. The maximum Gasteiger partial charge on any atom is 0.408 e. The summed E-state index contributed by atoms with van der Waals surface area (Å²) >= 11 is 0. The van der Waals surface area contributed by atoms with Crippen molar-refractivity contribution in [3.63, 3.8) is 0 Å². The molecular formula is C18H26N2O5. The summed E-state index contributed by atoms with van der Waals surface area (Å²) in [6.07, 6.45) is -0.602. The molecule has 2 N–H and O–H groups in total. The second-order valence-electron chi connectivity index (χ2n) is 6.61. The third kappa shape index (κ3) is 6.10. The molecule has 0 aromatic heterocycles. The lowest BCUT2D eigenvalue weighted by molar-refractivity contribution is -0.143. The van der Waals surface area contributed by atoms with Crippen LogP contribution in [0.25, 0.3) is 0 Å². The SMILES string of the molecule is CC(C)CC(C(=O)O)N(CCc1ccc(C(=O)N(C)C)cc1)C(=O)O. The Kier molecular flexibility index (Phi) is 7.42. The molecule has 0 radical (unpaired) electrons. The monoisotopic (exact) mass is 350 g/mol. The van der Waals surface area contributed by atoms with Crippen LogP contribution in [-0.2, 0) is 11.2 Å². The van der Waals surface area contributed by atoms with E-state index in [9.17, 15) is 24.6 Å². The quantitative estimate of drug-likeness (QED) is 0.750. The molecule has 1 rings (SSSR count). The van der Waals surface area contributed by atoms with E-state index in [2.05, 4.69) is 0 Å². The molecule has 1 aromatic carbocycles. The summed E-state index contributed by atoms with van der Waals surface area (Å²) in [7, 11) is 3.34. The molecule has 1 aromatic rings. The number of carboxylic acid groups (broad SMARTS) is 2. The van der Waals surface area contributed by atoms with Gasteiger partial charge in [-0.05, 0) is 36.5 Å². The van der Waals surface area contributed by atoms with E-state index in [0.717, 1.165) is 10.5 Å². The van der Waals surface area contributed by atoms with Gasteiger partial charge in [0.15, 0.2) is 0 Å². The molecule has 0 fully saturated rings. The van der Waals surface area contributed by atoms with Crippen LogP contribution in [0, 0.1) is 5.92 Å². The number of hydrogen-bond donors (Lipinski definition) is 2. The first-order valence-corrected chi connectivity index (χ1v) is 8.16. The molecule has 0 bridgehead atoms. The smallest absolute Gasteiger partial charge is 0.408 e. The highest BCUT2D eigenvalue weighted by Gasteiger charge is 2.29. The van der Waals surface area contributed by atoms with Gasteiger partial charge in [-0.1, -0.05) is 26.0 Å². The Labute approximate surface area is 147 Å². The fourth-order valence-electron chi connectivity index (χ4n) is 2.51. The first-order valence-electron chi connectivity index (χ1n) is 8.16. The van der Waals surface area contributed by atoms with Gasteiger partial charge < -0.3 is 15.1 Å². The van der Waals surface area contributed by atoms with Crippen molar-refractivity contribution >= 4 is 18.0 Å². The zero-order chi connectivity index (χ0) is 19.1. The number of hydrogen-bond acceptors (Lipinski definition) is 3. The molecule has 0 saturated carbocycles. The van der Waals surface area contributed by atoms with E-state index in [1.165, 1.54) is 4.90 Å². The molecule has 0 heterocycles. The van der Waals surface area contributed by atoms with E-state index in [0.29, 0.717) is 12.0 Å². The minimum absolute atomic E-state index is 0.0688. The van der Waals surface area contributed by atoms with Gasteiger partial charge in [0.25, 0.3) is 5.91 Å². The van der Waals surface area contributed by atoms with Crippen LogP contribution in [0.4, 0.5) is 4.79 Å². The van der Waals surface area contributed by atoms with Gasteiger partial charge in [-0.15, -0.1) is 0 Å². The molecule has 1 unspecified atom stereocenters. The number of carbonyl (C=O) groups is 3. The van der Waals surface area contributed by atoms with Crippen molar-refractivity contribution in [2.75, 3.05) is 20.6 Å². The Morgan fingerprint density at radius 3 is 2.00 bits per heavy atom. The van der Waals surface area contributed by atoms with Gasteiger partial charge in [0.2, 0.25) is 0 Å². The van der Waals surface area contributed by atoms with E-state index in [4.69, 9.17) is 0 Å². The third-order valence-electron chi connectivity index (χ3n) is 3.85. The van der Waals surface area contributed by atoms with Crippen LogP contribution in [0.1, 0.15) is 36.2 Å². The van der Waals surface area contributed by atoms with Gasteiger partial charge in [0.1, 0.15) is 6.04 Å². The van der Waals surface area contributed by atoms with Gasteiger partial charge in [-0.3, -0.25) is 9.69 Å². The molecule has 0 aliphatic rings. The number of rotatable bonds is 8. The summed E-state index contributed by atoms with van der Waals surface area (Å²) in [6, 6.07) is 5.83. The Bertz CT molecular complexity index is 610. The standard InChI is InChI=1S/C18H26N2O5/c1-12(2)11-15(17(22)23)20(18(24)25)10-9-13-5-7-14(8-6-13)16(21)19(3)4/h5-8,12,15H,9-11H2,1-4H3,(H,22,23)(H,24,25). The highest BCUT2D eigenvalue weighted by Crippen LogP contribution is 2.14. The average molecular weight is 350 g/mol. The highest BCUT2D eigenvalue weighted by molar-refractivity contribution is 5.93. The summed E-state index contributed by atoms with van der Waals surface area (Å²) < 4.78 is 0. The molecule has 7 heteroatoms. The lowest BCUT2D eigenvalue weighted by Crippen LogP contribution is -2.46. The van der Waals surface area contributed by atoms with Crippen molar-refractivity contribution in [3.05, 3.63) is 35.4 Å². The molecule has 0 aliphatic carbocycles. The van der Waals surface area contributed by atoms with E-state index < -0.39 is 18.1 Å². The van der Waals surface area contributed by atoms with Gasteiger partial charge in [0.05, 0.1) is 0 Å². The van der Waals surface area contributed by atoms with E-state index in [1.54, 1.807) is 38.4 Å². The van der Waals surface area contributed by atoms with Crippen molar-refractivity contribution in [2.24, 2.45) is 5.92 Å². The molecule has 25 heavy (non-hydrogen) atoms. The maximum atomic E-state index is 11.9. The Balaban J connectivity index is 2.82. The molecular weight excluding hydrogens is 324 g/mol. The Morgan fingerprint density at radius 1 is 1.04 bits per heavy atom. The molecule has 138 valence electrons. The lowest BCUT2D eigenvalue weighted by Gasteiger charge is -2.27. The fraction of sp³-hybridized carbons (Fsp3) is 0.500. The van der Waals surface area contributed by atoms with Gasteiger partial charge in [-0.2, -0.15) is 0 Å². The van der Waals surface area contributed by atoms with Crippen molar-refractivity contribution < 1.29 is 24.6 Å². The zero-order valence-electron chi connectivity index (χ0n) is 15.1. The molecule has 0 saturated heterocycles. The van der Waals surface area contributed by atoms with E-state index >= 15 is 0 Å². The molecule has 2 amide bonds. The van der Waals surface area contributed by atoms with Gasteiger partial charge >= 0.3 is 12.1 Å². The number of carbonyl (C=O) groups excluding carboxylic acids is 1. The zero-order valence-corrected chi connectivity index (χ0v) is 15.1. The summed E-state index contributed by atoms with van der Waals surface area (Å²) in [5.74, 6) is -1.18. The first-order chi connectivity index (χ1) is 11.6. The summed E-state index contributed by atoms with van der Waals surface area (Å²) in [6.45, 7) is 3.80. The highest BCUT2D eigenvalue weighted by atomic mass is 16.4. The molecule has 7 nitrogen and oxygen atoms in total.